The second-order valence-corrected chi connectivity index (χ2v) is 6.20. The number of hydrogen-bond acceptors (Lipinski definition) is 2. The first-order valence-corrected chi connectivity index (χ1v) is 7.82. The minimum absolute atomic E-state index is 0.141. The van der Waals surface area contributed by atoms with Crippen LogP contribution in [0.1, 0.15) is 12.5 Å². The molecule has 1 rings (SSSR count). The Balaban J connectivity index is 2.60. The van der Waals surface area contributed by atoms with Crippen molar-refractivity contribution in [2.45, 2.75) is 13.3 Å². The van der Waals surface area contributed by atoms with E-state index in [2.05, 4.69) is 0 Å². The first kappa shape index (κ1) is 14.5. The van der Waals surface area contributed by atoms with Crippen LogP contribution < -0.4 is 0 Å². The number of aryl methyl sites for hydroxylation is 1. The molecule has 0 fully saturated rings. The fraction of sp³-hybridized carbons (Fsp3) is 0.500. The monoisotopic (exact) mass is 275 g/mol. The van der Waals surface area contributed by atoms with Crippen molar-refractivity contribution >= 4 is 21.6 Å². The van der Waals surface area contributed by atoms with Crippen molar-refractivity contribution in [1.82, 2.24) is 4.31 Å². The van der Waals surface area contributed by atoms with Gasteiger partial charge in [0.2, 0.25) is 10.0 Å². The number of benzene rings is 1. The molecule has 5 heteroatoms. The van der Waals surface area contributed by atoms with E-state index in [9.17, 15) is 8.42 Å². The molecule has 0 radical (unpaired) electrons. The normalized spacial score (nSPS) is 11.9. The molecule has 0 heterocycles. The van der Waals surface area contributed by atoms with E-state index in [-0.39, 0.29) is 5.75 Å². The van der Waals surface area contributed by atoms with Crippen LogP contribution in [0.3, 0.4) is 0 Å². The van der Waals surface area contributed by atoms with E-state index in [1.54, 1.807) is 0 Å². The summed E-state index contributed by atoms with van der Waals surface area (Å²) in [7, 11) is -3.18. The lowest BCUT2D eigenvalue weighted by Crippen LogP contribution is -2.35. The third kappa shape index (κ3) is 4.66. The van der Waals surface area contributed by atoms with Crippen molar-refractivity contribution in [2.24, 2.45) is 0 Å². The van der Waals surface area contributed by atoms with E-state index < -0.39 is 10.0 Å². The third-order valence-electron chi connectivity index (χ3n) is 2.57. The summed E-state index contributed by atoms with van der Waals surface area (Å²) in [5.74, 6) is 0.472. The summed E-state index contributed by atoms with van der Waals surface area (Å²) >= 11 is 5.59. The van der Waals surface area contributed by atoms with Crippen molar-refractivity contribution in [2.75, 3.05) is 24.7 Å². The van der Waals surface area contributed by atoms with Crippen molar-refractivity contribution < 1.29 is 8.42 Å². The molecule has 96 valence electrons. The van der Waals surface area contributed by atoms with E-state index in [1.165, 1.54) is 4.31 Å². The quantitative estimate of drug-likeness (QED) is 0.715. The molecule has 17 heavy (non-hydrogen) atoms. The predicted octanol–water partition coefficient (Wildman–Crippen LogP) is 2.12. The predicted molar refractivity (Wildman–Crippen MR) is 71.9 cm³/mol. The average molecular weight is 276 g/mol. The first-order valence-electron chi connectivity index (χ1n) is 5.68. The molecule has 0 bridgehead atoms. The largest absolute Gasteiger partial charge is 0.214 e. The van der Waals surface area contributed by atoms with Gasteiger partial charge in [0.05, 0.1) is 5.75 Å². The van der Waals surface area contributed by atoms with Gasteiger partial charge in [0, 0.05) is 19.0 Å². The van der Waals surface area contributed by atoms with Crippen molar-refractivity contribution in [1.29, 1.82) is 0 Å². The molecule has 1 aromatic rings. The molecule has 1 aromatic carbocycles. The second-order valence-electron chi connectivity index (χ2n) is 3.73. The van der Waals surface area contributed by atoms with Gasteiger partial charge in [-0.15, -0.1) is 11.6 Å². The summed E-state index contributed by atoms with van der Waals surface area (Å²) in [5, 5.41) is 0. The lowest BCUT2D eigenvalue weighted by Gasteiger charge is -2.19. The molecule has 0 aliphatic heterocycles. The van der Waals surface area contributed by atoms with Crippen LogP contribution in [0.5, 0.6) is 0 Å². The van der Waals surface area contributed by atoms with Gasteiger partial charge in [-0.25, -0.2) is 12.7 Å². The van der Waals surface area contributed by atoms with Crippen LogP contribution in [0.2, 0.25) is 0 Å². The second kappa shape index (κ2) is 6.99. The summed E-state index contributed by atoms with van der Waals surface area (Å²) in [6.07, 6.45) is 0.544. The van der Waals surface area contributed by atoms with Gasteiger partial charge in [-0.3, -0.25) is 0 Å². The molecule has 0 amide bonds. The third-order valence-corrected chi connectivity index (χ3v) is 4.69. The van der Waals surface area contributed by atoms with Crippen molar-refractivity contribution in [3.63, 3.8) is 0 Å². The first-order chi connectivity index (χ1) is 8.10. The maximum absolute atomic E-state index is 12.0. The van der Waals surface area contributed by atoms with Gasteiger partial charge >= 0.3 is 0 Å². The van der Waals surface area contributed by atoms with Gasteiger partial charge in [0.25, 0.3) is 0 Å². The maximum Gasteiger partial charge on any atom is 0.214 e. The molecule has 0 unspecified atom stereocenters. The maximum atomic E-state index is 12.0. The Bertz CT molecular complexity index is 419. The zero-order valence-electron chi connectivity index (χ0n) is 9.97. The number of sulfonamides is 1. The van der Waals surface area contributed by atoms with Gasteiger partial charge in [-0.1, -0.05) is 37.3 Å². The van der Waals surface area contributed by atoms with E-state index in [0.29, 0.717) is 25.4 Å². The molecule has 0 atom stereocenters. The van der Waals surface area contributed by atoms with Crippen LogP contribution in [0, 0.1) is 0 Å². The van der Waals surface area contributed by atoms with Gasteiger partial charge in [-0.05, 0) is 12.0 Å². The molecule has 0 aliphatic carbocycles. The summed E-state index contributed by atoms with van der Waals surface area (Å²) in [6, 6.07) is 9.63. The Labute approximate surface area is 108 Å². The lowest BCUT2D eigenvalue weighted by atomic mass is 10.2. The Hall–Kier alpha value is -0.580. The van der Waals surface area contributed by atoms with Crippen LogP contribution in [0.25, 0.3) is 0 Å². The summed E-state index contributed by atoms with van der Waals surface area (Å²) in [5.41, 5.74) is 1.04. The molecule has 0 aromatic heterocycles. The number of alkyl halides is 1. The average Bonchev–Trinajstić information content (AvgIpc) is 2.34. The molecule has 0 saturated heterocycles. The molecule has 3 nitrogen and oxygen atoms in total. The van der Waals surface area contributed by atoms with Crippen LogP contribution in [-0.4, -0.2) is 37.4 Å². The molecular weight excluding hydrogens is 258 g/mol. The number of hydrogen-bond donors (Lipinski definition) is 0. The molecular formula is C12H18ClNO2S. The van der Waals surface area contributed by atoms with Crippen LogP contribution >= 0.6 is 11.6 Å². The SMILES string of the molecule is CCN(CCCl)S(=O)(=O)CCc1ccccc1. The Kier molecular flexibility index (Phi) is 5.95. The Morgan fingerprint density at radius 3 is 2.41 bits per heavy atom. The highest BCUT2D eigenvalue weighted by atomic mass is 35.5. The fourth-order valence-corrected chi connectivity index (χ4v) is 3.43. The molecule has 0 N–H and O–H groups in total. The molecule has 0 spiro atoms. The highest BCUT2D eigenvalue weighted by molar-refractivity contribution is 7.89. The van der Waals surface area contributed by atoms with E-state index in [4.69, 9.17) is 11.6 Å². The fourth-order valence-electron chi connectivity index (χ4n) is 1.61. The van der Waals surface area contributed by atoms with E-state index >= 15 is 0 Å². The van der Waals surface area contributed by atoms with Crippen LogP contribution in [0.4, 0.5) is 0 Å². The van der Waals surface area contributed by atoms with Gasteiger partial charge < -0.3 is 0 Å². The minimum atomic E-state index is -3.18. The topological polar surface area (TPSA) is 37.4 Å². The van der Waals surface area contributed by atoms with Gasteiger partial charge in [-0.2, -0.15) is 0 Å². The Morgan fingerprint density at radius 2 is 1.88 bits per heavy atom. The number of nitrogens with zero attached hydrogens (tertiary/aromatic N) is 1. The standard InChI is InChI=1S/C12H18ClNO2S/c1-2-14(10-9-13)17(15,16)11-8-12-6-4-3-5-7-12/h3-7H,2,8-11H2,1H3. The molecule has 0 saturated carbocycles. The number of rotatable bonds is 7. The van der Waals surface area contributed by atoms with Crippen molar-refractivity contribution in [3.05, 3.63) is 35.9 Å². The van der Waals surface area contributed by atoms with Crippen LogP contribution in [0.15, 0.2) is 30.3 Å². The number of halogens is 1. The Morgan fingerprint density at radius 1 is 1.24 bits per heavy atom. The van der Waals surface area contributed by atoms with Gasteiger partial charge in [0.15, 0.2) is 0 Å². The highest BCUT2D eigenvalue weighted by Crippen LogP contribution is 2.06. The minimum Gasteiger partial charge on any atom is -0.212 e. The summed E-state index contributed by atoms with van der Waals surface area (Å²) < 4.78 is 25.4. The van der Waals surface area contributed by atoms with Crippen molar-refractivity contribution in [3.8, 4) is 0 Å². The van der Waals surface area contributed by atoms with Crippen LogP contribution in [-0.2, 0) is 16.4 Å². The lowest BCUT2D eigenvalue weighted by molar-refractivity contribution is 0.446. The van der Waals surface area contributed by atoms with E-state index in [0.717, 1.165) is 5.56 Å². The highest BCUT2D eigenvalue weighted by Gasteiger charge is 2.19. The summed E-state index contributed by atoms with van der Waals surface area (Å²) in [4.78, 5) is 0. The zero-order valence-corrected chi connectivity index (χ0v) is 11.5. The zero-order chi connectivity index (χ0) is 12.7. The molecule has 0 aliphatic rings. The smallest absolute Gasteiger partial charge is 0.212 e. The van der Waals surface area contributed by atoms with E-state index in [1.807, 2.05) is 37.3 Å². The van der Waals surface area contributed by atoms with Gasteiger partial charge in [0.1, 0.15) is 0 Å². The summed E-state index contributed by atoms with van der Waals surface area (Å²) in [6.45, 7) is 2.69.